The highest BCUT2D eigenvalue weighted by molar-refractivity contribution is 4.97. The lowest BCUT2D eigenvalue weighted by atomic mass is 9.53. The largest absolute Gasteiger partial charge is 0.393 e. The molecule has 2 N–H and O–H groups in total. The summed E-state index contributed by atoms with van der Waals surface area (Å²) in [6.07, 6.45) is 8.33. The van der Waals surface area contributed by atoms with Crippen molar-refractivity contribution in [2.75, 3.05) is 0 Å². The van der Waals surface area contributed by atoms with Crippen molar-refractivity contribution in [2.24, 2.45) is 40.9 Å². The van der Waals surface area contributed by atoms with Crippen LogP contribution in [0.1, 0.15) is 86.5 Å². The Labute approximate surface area is 150 Å². The fourth-order valence-corrected chi connectivity index (χ4v) is 6.04. The highest BCUT2D eigenvalue weighted by Crippen LogP contribution is 2.54. The first-order valence-electron chi connectivity index (χ1n) is 10.6. The fraction of sp³-hybridized carbons (Fsp3) is 1.00. The van der Waals surface area contributed by atoms with E-state index in [-0.39, 0.29) is 12.2 Å². The standard InChI is InChI=1S/C22H42O2/c1-7-8-9-22(6,18-10-14(2)20(23)15(3)11-18)19-12-16(4)21(24)17(5)13-19/h14-21,23-24H,7-13H2,1-6H3. The molecule has 0 aromatic carbocycles. The second-order valence-corrected chi connectivity index (χ2v) is 9.84. The molecule has 0 aliphatic heterocycles. The lowest BCUT2D eigenvalue weighted by Gasteiger charge is -2.53. The topological polar surface area (TPSA) is 40.5 Å². The van der Waals surface area contributed by atoms with Gasteiger partial charge in [0.1, 0.15) is 0 Å². The van der Waals surface area contributed by atoms with Gasteiger partial charge in [0.25, 0.3) is 0 Å². The molecule has 2 aliphatic carbocycles. The maximum absolute atomic E-state index is 10.4. The van der Waals surface area contributed by atoms with E-state index in [1.54, 1.807) is 0 Å². The summed E-state index contributed by atoms with van der Waals surface area (Å²) in [6.45, 7) is 13.8. The van der Waals surface area contributed by atoms with Crippen molar-refractivity contribution in [3.63, 3.8) is 0 Å². The molecule has 2 fully saturated rings. The van der Waals surface area contributed by atoms with Crippen molar-refractivity contribution in [3.8, 4) is 0 Å². The second-order valence-electron chi connectivity index (χ2n) is 9.84. The van der Waals surface area contributed by atoms with E-state index in [1.807, 2.05) is 0 Å². The zero-order valence-electron chi connectivity index (χ0n) is 17.0. The molecule has 0 bridgehead atoms. The van der Waals surface area contributed by atoms with E-state index in [0.29, 0.717) is 29.1 Å². The molecule has 0 amide bonds. The van der Waals surface area contributed by atoms with Gasteiger partial charge in [-0.25, -0.2) is 0 Å². The number of aliphatic hydroxyl groups excluding tert-OH is 2. The highest BCUT2D eigenvalue weighted by Gasteiger charge is 2.48. The van der Waals surface area contributed by atoms with Gasteiger partial charge in [-0.3, -0.25) is 0 Å². The minimum Gasteiger partial charge on any atom is -0.393 e. The molecule has 0 heterocycles. The molecule has 142 valence electrons. The number of hydrogen-bond donors (Lipinski definition) is 2. The highest BCUT2D eigenvalue weighted by atomic mass is 16.3. The van der Waals surface area contributed by atoms with Gasteiger partial charge in [-0.2, -0.15) is 0 Å². The Bertz CT molecular complexity index is 339. The smallest absolute Gasteiger partial charge is 0.0591 e. The minimum atomic E-state index is -0.122. The maximum Gasteiger partial charge on any atom is 0.0591 e. The average Bonchev–Trinajstić information content (AvgIpc) is 2.54. The monoisotopic (exact) mass is 338 g/mol. The summed E-state index contributed by atoms with van der Waals surface area (Å²) in [5, 5.41) is 20.8. The van der Waals surface area contributed by atoms with Crippen molar-refractivity contribution < 1.29 is 10.2 Å². The Morgan fingerprint density at radius 1 is 0.750 bits per heavy atom. The van der Waals surface area contributed by atoms with E-state index in [1.165, 1.54) is 44.9 Å². The third-order valence-corrected chi connectivity index (χ3v) is 7.89. The first-order chi connectivity index (χ1) is 11.2. The van der Waals surface area contributed by atoms with Crippen LogP contribution in [-0.4, -0.2) is 22.4 Å². The first-order valence-corrected chi connectivity index (χ1v) is 10.6. The van der Waals surface area contributed by atoms with Crippen LogP contribution in [0, 0.1) is 40.9 Å². The summed E-state index contributed by atoms with van der Waals surface area (Å²) in [5.41, 5.74) is 0.362. The molecule has 4 unspecified atom stereocenters. The Morgan fingerprint density at radius 2 is 1.08 bits per heavy atom. The summed E-state index contributed by atoms with van der Waals surface area (Å²) in [5.74, 6) is 3.12. The van der Waals surface area contributed by atoms with Gasteiger partial charge in [0, 0.05) is 0 Å². The van der Waals surface area contributed by atoms with Crippen LogP contribution in [0.4, 0.5) is 0 Å². The van der Waals surface area contributed by atoms with Crippen LogP contribution >= 0.6 is 0 Å². The molecule has 2 saturated carbocycles. The Balaban J connectivity index is 2.22. The molecule has 0 spiro atoms. The van der Waals surface area contributed by atoms with Gasteiger partial charge in [0.2, 0.25) is 0 Å². The lowest BCUT2D eigenvalue weighted by Crippen LogP contribution is -2.47. The Hall–Kier alpha value is -0.0800. The van der Waals surface area contributed by atoms with E-state index >= 15 is 0 Å². The number of hydrogen-bond acceptors (Lipinski definition) is 2. The van der Waals surface area contributed by atoms with Crippen molar-refractivity contribution >= 4 is 0 Å². The molecule has 2 aliphatic rings. The van der Waals surface area contributed by atoms with Gasteiger partial charge >= 0.3 is 0 Å². The molecular formula is C22H42O2. The number of unbranched alkanes of at least 4 members (excludes halogenated alkanes) is 1. The fourth-order valence-electron chi connectivity index (χ4n) is 6.04. The minimum absolute atomic E-state index is 0.122. The van der Waals surface area contributed by atoms with E-state index in [0.717, 1.165) is 11.8 Å². The molecule has 2 heteroatoms. The van der Waals surface area contributed by atoms with E-state index in [2.05, 4.69) is 41.5 Å². The van der Waals surface area contributed by atoms with E-state index in [9.17, 15) is 10.2 Å². The summed E-state index contributed by atoms with van der Waals surface area (Å²) in [6, 6.07) is 0. The van der Waals surface area contributed by atoms with Gasteiger partial charge in [0.05, 0.1) is 12.2 Å². The lowest BCUT2D eigenvalue weighted by molar-refractivity contribution is -0.0789. The normalized spacial score (nSPS) is 46.5. The molecule has 0 radical (unpaired) electrons. The third-order valence-electron chi connectivity index (χ3n) is 7.89. The summed E-state index contributed by atoms with van der Waals surface area (Å²) >= 11 is 0. The van der Waals surface area contributed by atoms with Crippen LogP contribution in [-0.2, 0) is 0 Å². The van der Waals surface area contributed by atoms with Crippen LogP contribution in [0.15, 0.2) is 0 Å². The van der Waals surface area contributed by atoms with Crippen LogP contribution < -0.4 is 0 Å². The molecule has 0 saturated heterocycles. The van der Waals surface area contributed by atoms with Crippen molar-refractivity contribution in [3.05, 3.63) is 0 Å². The van der Waals surface area contributed by atoms with Gasteiger partial charge in [0.15, 0.2) is 0 Å². The van der Waals surface area contributed by atoms with Gasteiger partial charge < -0.3 is 10.2 Å². The van der Waals surface area contributed by atoms with Crippen molar-refractivity contribution in [1.82, 2.24) is 0 Å². The molecule has 24 heavy (non-hydrogen) atoms. The predicted molar refractivity (Wildman–Crippen MR) is 102 cm³/mol. The van der Waals surface area contributed by atoms with Crippen molar-refractivity contribution in [2.45, 2.75) is 98.7 Å². The second kappa shape index (κ2) is 8.08. The van der Waals surface area contributed by atoms with Crippen LogP contribution in [0.2, 0.25) is 0 Å². The Kier molecular flexibility index (Phi) is 6.81. The first kappa shape index (κ1) is 20.2. The summed E-state index contributed by atoms with van der Waals surface area (Å²) in [7, 11) is 0. The van der Waals surface area contributed by atoms with E-state index < -0.39 is 0 Å². The third kappa shape index (κ3) is 4.01. The molecule has 4 atom stereocenters. The van der Waals surface area contributed by atoms with Gasteiger partial charge in [-0.05, 0) is 73.0 Å². The summed E-state index contributed by atoms with van der Waals surface area (Å²) < 4.78 is 0. The van der Waals surface area contributed by atoms with Gasteiger partial charge in [-0.1, -0.05) is 54.4 Å². The zero-order chi connectivity index (χ0) is 18.1. The van der Waals surface area contributed by atoms with Gasteiger partial charge in [-0.15, -0.1) is 0 Å². The average molecular weight is 339 g/mol. The van der Waals surface area contributed by atoms with Crippen molar-refractivity contribution in [1.29, 1.82) is 0 Å². The van der Waals surface area contributed by atoms with E-state index in [4.69, 9.17) is 0 Å². The SMILES string of the molecule is CCCCC(C)(C1CC(C)C(O)C(C)C1)C1CC(C)C(O)C(C)C1. The van der Waals surface area contributed by atoms with Crippen LogP contribution in [0.5, 0.6) is 0 Å². The molecule has 2 nitrogen and oxygen atoms in total. The molecule has 0 aromatic rings. The molecular weight excluding hydrogens is 296 g/mol. The maximum atomic E-state index is 10.4. The summed E-state index contributed by atoms with van der Waals surface area (Å²) in [4.78, 5) is 0. The number of rotatable bonds is 5. The van der Waals surface area contributed by atoms with Crippen LogP contribution in [0.25, 0.3) is 0 Å². The predicted octanol–water partition coefficient (Wildman–Crippen LogP) is 5.27. The van der Waals surface area contributed by atoms with Crippen LogP contribution in [0.3, 0.4) is 0 Å². The number of aliphatic hydroxyl groups is 2. The molecule has 2 rings (SSSR count). The quantitative estimate of drug-likeness (QED) is 0.717. The zero-order valence-corrected chi connectivity index (χ0v) is 17.0. The molecule has 0 aromatic heterocycles. The Morgan fingerprint density at radius 3 is 1.38 bits per heavy atom.